The van der Waals surface area contributed by atoms with Crippen LogP contribution >= 0.6 is 0 Å². The molecule has 2 heterocycles. The molecule has 6 heteroatoms. The van der Waals surface area contributed by atoms with Crippen molar-refractivity contribution >= 4 is 17.5 Å². The minimum Gasteiger partial charge on any atom is -0.383 e. The number of nitrogens with two attached hydrogens (primary N) is 2. The number of fused-ring (bicyclic) bond motifs is 1. The van der Waals surface area contributed by atoms with E-state index < -0.39 is 0 Å². The first-order chi connectivity index (χ1) is 5.27. The number of aromatic nitrogens is 4. The van der Waals surface area contributed by atoms with E-state index in [1.807, 2.05) is 0 Å². The van der Waals surface area contributed by atoms with Crippen LogP contribution in [0.25, 0.3) is 5.78 Å². The van der Waals surface area contributed by atoms with Crippen molar-refractivity contribution < 1.29 is 0 Å². The van der Waals surface area contributed by atoms with Crippen molar-refractivity contribution in [2.45, 2.75) is 0 Å². The van der Waals surface area contributed by atoms with Gasteiger partial charge in [-0.1, -0.05) is 0 Å². The van der Waals surface area contributed by atoms with Crippen LogP contribution < -0.4 is 11.5 Å². The molecule has 0 aromatic carbocycles. The molecule has 11 heavy (non-hydrogen) atoms. The van der Waals surface area contributed by atoms with E-state index in [0.29, 0.717) is 11.6 Å². The Balaban J connectivity index is 2.90. The zero-order chi connectivity index (χ0) is 7.84. The van der Waals surface area contributed by atoms with Crippen LogP contribution in [0.2, 0.25) is 0 Å². The van der Waals surface area contributed by atoms with Crippen molar-refractivity contribution in [3.8, 4) is 0 Å². The van der Waals surface area contributed by atoms with Gasteiger partial charge in [0.05, 0.1) is 0 Å². The van der Waals surface area contributed by atoms with Gasteiger partial charge in [0.2, 0.25) is 5.95 Å². The van der Waals surface area contributed by atoms with Crippen LogP contribution in [0.5, 0.6) is 0 Å². The van der Waals surface area contributed by atoms with Gasteiger partial charge in [0.25, 0.3) is 5.78 Å². The highest BCUT2D eigenvalue weighted by molar-refractivity contribution is 5.41. The van der Waals surface area contributed by atoms with Gasteiger partial charge in [-0.25, -0.2) is 4.98 Å². The number of hydrogen-bond donors (Lipinski definition) is 2. The zero-order valence-electron chi connectivity index (χ0n) is 5.60. The van der Waals surface area contributed by atoms with Crippen molar-refractivity contribution in [1.29, 1.82) is 0 Å². The second kappa shape index (κ2) is 1.82. The summed E-state index contributed by atoms with van der Waals surface area (Å²) in [5, 5.41) is 3.81. The van der Waals surface area contributed by atoms with Gasteiger partial charge in [0.1, 0.15) is 5.82 Å². The number of nitrogens with zero attached hydrogens (tertiary/aromatic N) is 4. The number of hydrogen-bond acceptors (Lipinski definition) is 5. The Hall–Kier alpha value is -1.85. The molecule has 0 saturated carbocycles. The molecule has 0 spiro atoms. The van der Waals surface area contributed by atoms with E-state index in [4.69, 9.17) is 11.5 Å². The molecule has 0 radical (unpaired) electrons. The van der Waals surface area contributed by atoms with Crippen LogP contribution in [0.15, 0.2) is 12.3 Å². The largest absolute Gasteiger partial charge is 0.383 e. The lowest BCUT2D eigenvalue weighted by Gasteiger charge is -1.92. The number of nitrogen functional groups attached to an aromatic ring is 2. The molecule has 0 unspecified atom stereocenters. The third kappa shape index (κ3) is 0.759. The molecule has 2 aromatic rings. The predicted octanol–water partition coefficient (Wildman–Crippen LogP) is -0.711. The SMILES string of the molecule is Nc1nc2nccc(N)n2n1. The molecule has 0 bridgehead atoms. The maximum absolute atomic E-state index is 5.53. The van der Waals surface area contributed by atoms with E-state index >= 15 is 0 Å². The quantitative estimate of drug-likeness (QED) is 0.517. The Morgan fingerprint density at radius 3 is 2.91 bits per heavy atom. The van der Waals surface area contributed by atoms with Gasteiger partial charge in [-0.15, -0.1) is 5.10 Å². The van der Waals surface area contributed by atoms with Crippen LogP contribution in [0.3, 0.4) is 0 Å². The smallest absolute Gasteiger partial charge is 0.255 e. The zero-order valence-corrected chi connectivity index (χ0v) is 5.60. The minimum absolute atomic E-state index is 0.176. The fourth-order valence-electron chi connectivity index (χ4n) is 0.827. The van der Waals surface area contributed by atoms with E-state index in [-0.39, 0.29) is 5.95 Å². The van der Waals surface area contributed by atoms with Crippen molar-refractivity contribution in [1.82, 2.24) is 19.6 Å². The minimum atomic E-state index is 0.176. The summed E-state index contributed by atoms with van der Waals surface area (Å²) >= 11 is 0. The highest BCUT2D eigenvalue weighted by atomic mass is 15.4. The third-order valence-electron chi connectivity index (χ3n) is 1.29. The molecular weight excluding hydrogens is 144 g/mol. The molecule has 2 aromatic heterocycles. The normalized spacial score (nSPS) is 10.5. The van der Waals surface area contributed by atoms with Crippen LogP contribution in [0, 0.1) is 0 Å². The van der Waals surface area contributed by atoms with Crippen LogP contribution in [0.4, 0.5) is 11.8 Å². The topological polar surface area (TPSA) is 95.1 Å². The molecule has 6 nitrogen and oxygen atoms in total. The summed E-state index contributed by atoms with van der Waals surface area (Å²) < 4.78 is 1.38. The lowest BCUT2D eigenvalue weighted by molar-refractivity contribution is 0.957. The maximum Gasteiger partial charge on any atom is 0.255 e. The molecule has 0 aliphatic heterocycles. The summed E-state index contributed by atoms with van der Waals surface area (Å²) in [6, 6.07) is 1.63. The maximum atomic E-state index is 5.53. The molecule has 0 amide bonds. The van der Waals surface area contributed by atoms with Gasteiger partial charge >= 0.3 is 0 Å². The van der Waals surface area contributed by atoms with Gasteiger partial charge in [0, 0.05) is 6.20 Å². The monoisotopic (exact) mass is 150 g/mol. The van der Waals surface area contributed by atoms with E-state index in [1.165, 1.54) is 4.52 Å². The van der Waals surface area contributed by atoms with Crippen molar-refractivity contribution in [2.24, 2.45) is 0 Å². The van der Waals surface area contributed by atoms with Crippen molar-refractivity contribution in [2.75, 3.05) is 11.5 Å². The Morgan fingerprint density at radius 2 is 2.18 bits per heavy atom. The van der Waals surface area contributed by atoms with E-state index in [0.717, 1.165) is 0 Å². The van der Waals surface area contributed by atoms with Gasteiger partial charge in [-0.3, -0.25) is 0 Å². The average Bonchev–Trinajstić information content (AvgIpc) is 2.31. The molecule has 0 aliphatic carbocycles. The molecule has 0 aliphatic rings. The summed E-state index contributed by atoms with van der Waals surface area (Å²) in [5.41, 5.74) is 10.9. The fourth-order valence-corrected chi connectivity index (χ4v) is 0.827. The first-order valence-electron chi connectivity index (χ1n) is 3.00. The highest BCUT2D eigenvalue weighted by Crippen LogP contribution is 2.03. The first-order valence-corrected chi connectivity index (χ1v) is 3.00. The third-order valence-corrected chi connectivity index (χ3v) is 1.29. The van der Waals surface area contributed by atoms with Crippen molar-refractivity contribution in [3.63, 3.8) is 0 Å². The second-order valence-electron chi connectivity index (χ2n) is 2.05. The molecule has 56 valence electrons. The summed E-state index contributed by atoms with van der Waals surface area (Å²) in [6.45, 7) is 0. The Bertz CT molecular complexity index is 391. The van der Waals surface area contributed by atoms with Crippen molar-refractivity contribution in [3.05, 3.63) is 12.3 Å². The summed E-state index contributed by atoms with van der Waals surface area (Å²) in [7, 11) is 0. The molecule has 0 fully saturated rings. The van der Waals surface area contributed by atoms with Gasteiger partial charge in [0.15, 0.2) is 0 Å². The lowest BCUT2D eigenvalue weighted by atomic mass is 10.6. The summed E-state index contributed by atoms with van der Waals surface area (Å²) in [5.74, 6) is 1.07. The molecule has 0 saturated heterocycles. The summed E-state index contributed by atoms with van der Waals surface area (Å²) in [4.78, 5) is 7.70. The van der Waals surface area contributed by atoms with Crippen LogP contribution in [-0.4, -0.2) is 19.6 Å². The summed E-state index contributed by atoms with van der Waals surface area (Å²) in [6.07, 6.45) is 1.55. The molecular formula is C5H6N6. The van der Waals surface area contributed by atoms with Crippen LogP contribution in [0.1, 0.15) is 0 Å². The van der Waals surface area contributed by atoms with E-state index in [2.05, 4.69) is 15.1 Å². The van der Waals surface area contributed by atoms with E-state index in [1.54, 1.807) is 12.3 Å². The molecule has 4 N–H and O–H groups in total. The van der Waals surface area contributed by atoms with Gasteiger partial charge in [-0.05, 0) is 6.07 Å². The number of anilines is 2. The standard InChI is InChI=1S/C5H6N6/c6-3-1-2-8-5-9-4(7)10-11(3)5/h1-2H,6H2,(H2,7,10). The molecule has 2 rings (SSSR count). The van der Waals surface area contributed by atoms with Gasteiger partial charge in [-0.2, -0.15) is 9.50 Å². The van der Waals surface area contributed by atoms with Crippen LogP contribution in [-0.2, 0) is 0 Å². The first kappa shape index (κ1) is 5.90. The Kier molecular flexibility index (Phi) is 0.974. The fraction of sp³-hybridized carbons (Fsp3) is 0. The molecule has 0 atom stereocenters. The Labute approximate surface area is 61.9 Å². The van der Waals surface area contributed by atoms with E-state index in [9.17, 15) is 0 Å². The average molecular weight is 150 g/mol. The lowest BCUT2D eigenvalue weighted by Crippen LogP contribution is -1.99. The predicted molar refractivity (Wildman–Crippen MR) is 39.6 cm³/mol. The highest BCUT2D eigenvalue weighted by Gasteiger charge is 2.01. The van der Waals surface area contributed by atoms with Gasteiger partial charge < -0.3 is 11.5 Å². The second-order valence-corrected chi connectivity index (χ2v) is 2.05. The number of rotatable bonds is 0. The Morgan fingerprint density at radius 1 is 1.36 bits per heavy atom.